The van der Waals surface area contributed by atoms with Crippen molar-refractivity contribution in [1.82, 2.24) is 14.2 Å². The molecule has 1 saturated heterocycles. The monoisotopic (exact) mass is 299 g/mol. The number of fused-ring (bicyclic) bond motifs is 1. The van der Waals surface area contributed by atoms with Gasteiger partial charge in [0.1, 0.15) is 10.8 Å². The third kappa shape index (κ3) is 2.25. The van der Waals surface area contributed by atoms with Crippen LogP contribution < -0.4 is 10.6 Å². The minimum absolute atomic E-state index is 0.456. The lowest BCUT2D eigenvalue weighted by Crippen LogP contribution is -2.34. The normalized spacial score (nSPS) is 16.7. The summed E-state index contributed by atoms with van der Waals surface area (Å²) >= 11 is 1.60. The van der Waals surface area contributed by atoms with Gasteiger partial charge in [-0.25, -0.2) is 0 Å². The van der Waals surface area contributed by atoms with Crippen molar-refractivity contribution in [3.8, 4) is 0 Å². The van der Waals surface area contributed by atoms with E-state index in [0.29, 0.717) is 11.9 Å². The van der Waals surface area contributed by atoms with Crippen LogP contribution in [0, 0.1) is 0 Å². The highest BCUT2D eigenvalue weighted by atomic mass is 32.1. The summed E-state index contributed by atoms with van der Waals surface area (Å²) in [6.07, 6.45) is 4.17. The van der Waals surface area contributed by atoms with Gasteiger partial charge in [-0.05, 0) is 42.6 Å². The summed E-state index contributed by atoms with van der Waals surface area (Å²) in [5.41, 5.74) is 6.80. The van der Waals surface area contributed by atoms with Crippen molar-refractivity contribution in [2.24, 2.45) is 0 Å². The Balaban J connectivity index is 1.52. The van der Waals surface area contributed by atoms with Crippen LogP contribution in [0.3, 0.4) is 0 Å². The lowest BCUT2D eigenvalue weighted by molar-refractivity contribution is 0.369. The Morgan fingerprint density at radius 1 is 1.14 bits per heavy atom. The van der Waals surface area contributed by atoms with E-state index in [2.05, 4.69) is 32.6 Å². The molecule has 0 radical (unpaired) electrons. The van der Waals surface area contributed by atoms with Crippen LogP contribution in [0.5, 0.6) is 0 Å². The largest absolute Gasteiger partial charge is 0.382 e. The molecular formula is C15H17N5S. The molecule has 3 heterocycles. The van der Waals surface area contributed by atoms with Crippen molar-refractivity contribution in [2.75, 3.05) is 23.7 Å². The number of hydrogen-bond donors (Lipinski definition) is 1. The summed E-state index contributed by atoms with van der Waals surface area (Å²) in [7, 11) is 0. The molecule has 5 nitrogen and oxygen atoms in total. The third-order valence-corrected chi connectivity index (χ3v) is 5.06. The molecule has 1 aliphatic rings. The van der Waals surface area contributed by atoms with Gasteiger partial charge >= 0.3 is 0 Å². The molecule has 0 aliphatic carbocycles. The van der Waals surface area contributed by atoms with E-state index >= 15 is 0 Å². The Kier molecular flexibility index (Phi) is 3.03. The minimum atomic E-state index is 0.456. The first-order chi connectivity index (χ1) is 10.3. The van der Waals surface area contributed by atoms with E-state index in [-0.39, 0.29) is 0 Å². The van der Waals surface area contributed by atoms with Crippen molar-refractivity contribution in [3.63, 3.8) is 0 Å². The number of piperidine rings is 1. The number of hydrogen-bond acceptors (Lipinski definition) is 5. The average Bonchev–Trinajstić information content (AvgIpc) is 3.14. The molecule has 0 spiro atoms. The number of anilines is 2. The molecule has 2 N–H and O–H groups in total. The second-order valence-electron chi connectivity index (χ2n) is 5.44. The summed E-state index contributed by atoms with van der Waals surface area (Å²) in [6, 6.07) is 10.7. The van der Waals surface area contributed by atoms with Gasteiger partial charge in [0.25, 0.3) is 0 Å². The van der Waals surface area contributed by atoms with Crippen LogP contribution >= 0.6 is 11.5 Å². The molecule has 1 aliphatic heterocycles. The summed E-state index contributed by atoms with van der Waals surface area (Å²) in [5, 5.41) is 6.90. The zero-order valence-electron chi connectivity index (χ0n) is 11.6. The first kappa shape index (κ1) is 12.6. The quantitative estimate of drug-likeness (QED) is 0.790. The molecule has 0 unspecified atom stereocenters. The Morgan fingerprint density at radius 2 is 1.95 bits per heavy atom. The van der Waals surface area contributed by atoms with Gasteiger partial charge in [-0.3, -0.25) is 4.68 Å². The van der Waals surface area contributed by atoms with E-state index < -0.39 is 0 Å². The van der Waals surface area contributed by atoms with Crippen molar-refractivity contribution >= 4 is 33.3 Å². The van der Waals surface area contributed by atoms with Gasteiger partial charge in [0, 0.05) is 24.7 Å². The summed E-state index contributed by atoms with van der Waals surface area (Å²) < 4.78 is 6.55. The lowest BCUT2D eigenvalue weighted by atomic mass is 10.1. The zero-order valence-corrected chi connectivity index (χ0v) is 12.5. The van der Waals surface area contributed by atoms with Gasteiger partial charge in [0.2, 0.25) is 0 Å². The van der Waals surface area contributed by atoms with Crippen LogP contribution in [0.4, 0.5) is 10.8 Å². The standard InChI is InChI=1S/C15H17N5S/c16-14-7-10-20(17-14)11-5-8-19(9-6-11)15-12-3-1-2-4-13(12)18-21-15/h1-4,7,10-11H,5-6,8-9H2,(H2,16,17). The predicted octanol–water partition coefficient (Wildman–Crippen LogP) is 2.92. The highest BCUT2D eigenvalue weighted by Crippen LogP contribution is 2.34. The van der Waals surface area contributed by atoms with Crippen molar-refractivity contribution in [2.45, 2.75) is 18.9 Å². The predicted molar refractivity (Wildman–Crippen MR) is 86.7 cm³/mol. The van der Waals surface area contributed by atoms with Crippen molar-refractivity contribution < 1.29 is 0 Å². The molecule has 2 aromatic heterocycles. The van der Waals surface area contributed by atoms with Crippen LogP contribution in [0.15, 0.2) is 36.5 Å². The Hall–Kier alpha value is -2.08. The topological polar surface area (TPSA) is 60.0 Å². The molecule has 0 bridgehead atoms. The van der Waals surface area contributed by atoms with Gasteiger partial charge < -0.3 is 10.6 Å². The van der Waals surface area contributed by atoms with Gasteiger partial charge in [0.15, 0.2) is 0 Å². The first-order valence-electron chi connectivity index (χ1n) is 7.21. The van der Waals surface area contributed by atoms with Gasteiger partial charge in [-0.15, -0.1) is 0 Å². The molecule has 0 saturated carbocycles. The van der Waals surface area contributed by atoms with Crippen molar-refractivity contribution in [3.05, 3.63) is 36.5 Å². The van der Waals surface area contributed by atoms with Gasteiger partial charge in [-0.2, -0.15) is 9.47 Å². The van der Waals surface area contributed by atoms with Crippen LogP contribution in [0.25, 0.3) is 10.9 Å². The fraction of sp³-hybridized carbons (Fsp3) is 0.333. The van der Waals surface area contributed by atoms with Crippen LogP contribution in [0.2, 0.25) is 0 Å². The number of nitrogen functional groups attached to an aromatic ring is 1. The van der Waals surface area contributed by atoms with Crippen LogP contribution in [-0.2, 0) is 0 Å². The Morgan fingerprint density at radius 3 is 2.71 bits per heavy atom. The maximum absolute atomic E-state index is 5.70. The first-order valence-corrected chi connectivity index (χ1v) is 7.98. The molecule has 108 valence electrons. The van der Waals surface area contributed by atoms with Gasteiger partial charge in [0.05, 0.1) is 11.6 Å². The number of rotatable bonds is 2. The molecule has 1 aromatic carbocycles. The molecule has 1 fully saturated rings. The van der Waals surface area contributed by atoms with E-state index in [4.69, 9.17) is 5.73 Å². The number of benzene rings is 1. The smallest absolute Gasteiger partial charge is 0.145 e. The van der Waals surface area contributed by atoms with E-state index in [1.54, 1.807) is 11.5 Å². The van der Waals surface area contributed by atoms with E-state index in [1.165, 1.54) is 10.4 Å². The van der Waals surface area contributed by atoms with Crippen LogP contribution in [-0.4, -0.2) is 27.2 Å². The van der Waals surface area contributed by atoms with Gasteiger partial charge in [-0.1, -0.05) is 12.1 Å². The highest BCUT2D eigenvalue weighted by Gasteiger charge is 2.23. The fourth-order valence-corrected chi connectivity index (χ4v) is 3.91. The fourth-order valence-electron chi connectivity index (χ4n) is 2.99. The molecule has 0 amide bonds. The molecule has 4 rings (SSSR count). The Bertz CT molecular complexity index is 754. The maximum Gasteiger partial charge on any atom is 0.145 e. The molecule has 3 aromatic rings. The van der Waals surface area contributed by atoms with E-state index in [9.17, 15) is 0 Å². The Labute approximate surface area is 127 Å². The van der Waals surface area contributed by atoms with Crippen LogP contribution in [0.1, 0.15) is 18.9 Å². The number of nitrogens with two attached hydrogens (primary N) is 1. The van der Waals surface area contributed by atoms with E-state index in [1.807, 2.05) is 23.0 Å². The highest BCUT2D eigenvalue weighted by molar-refractivity contribution is 7.11. The SMILES string of the molecule is Nc1ccn(C2CCN(c3snc4ccccc34)CC2)n1. The average molecular weight is 299 g/mol. The summed E-state index contributed by atoms with van der Waals surface area (Å²) in [5.74, 6) is 0.603. The zero-order chi connectivity index (χ0) is 14.2. The molecule has 6 heteroatoms. The molecule has 0 atom stereocenters. The molecule has 21 heavy (non-hydrogen) atoms. The number of nitrogens with zero attached hydrogens (tertiary/aromatic N) is 4. The maximum atomic E-state index is 5.70. The number of aromatic nitrogens is 3. The summed E-state index contributed by atoms with van der Waals surface area (Å²) in [4.78, 5) is 2.45. The summed E-state index contributed by atoms with van der Waals surface area (Å²) in [6.45, 7) is 2.08. The van der Waals surface area contributed by atoms with E-state index in [0.717, 1.165) is 31.4 Å². The second-order valence-corrected chi connectivity index (χ2v) is 6.20. The lowest BCUT2D eigenvalue weighted by Gasteiger charge is -2.32. The third-order valence-electron chi connectivity index (χ3n) is 4.12. The minimum Gasteiger partial charge on any atom is -0.382 e. The van der Waals surface area contributed by atoms with Crippen molar-refractivity contribution in [1.29, 1.82) is 0 Å². The molecular weight excluding hydrogens is 282 g/mol. The second kappa shape index (κ2) is 5.04.